The second-order valence-electron chi connectivity index (χ2n) is 12.9. The average Bonchev–Trinajstić information content (AvgIpc) is 3.54. The average molecular weight is 577 g/mol. The minimum Gasteiger partial charge on any atom is -0.483 e. The van der Waals surface area contributed by atoms with Crippen LogP contribution in [0.15, 0.2) is 30.4 Å². The van der Waals surface area contributed by atoms with Crippen LogP contribution in [0.25, 0.3) is 10.9 Å². The van der Waals surface area contributed by atoms with E-state index in [0.717, 1.165) is 48.6 Å². The molecule has 8 heteroatoms. The number of pyridine rings is 1. The number of benzene rings is 1. The number of nitrogens with zero attached hydrogens (tertiary/aromatic N) is 2. The molecule has 7 nitrogen and oxygen atoms in total. The van der Waals surface area contributed by atoms with Gasteiger partial charge in [0.15, 0.2) is 5.78 Å². The van der Waals surface area contributed by atoms with Crippen molar-refractivity contribution >= 4 is 28.6 Å². The van der Waals surface area contributed by atoms with Crippen molar-refractivity contribution in [1.82, 2.24) is 9.88 Å². The topological polar surface area (TPSA) is 85.8 Å². The standard InChI is InChI=1S/C34H41FN2O5/c1-4-41-32(40)34-17-23(34)11-9-7-5-6-8-10-21(2)31(39)37-20-33(18-28(37)29(38)19-34)15-14-25-26-16-24(35)12-13-27(26)36-22(3)30(25)42-33/h9,11-13,16,21,23,28H,4-8,10,14-15,17-20H2,1-3H3/b11-9-/t21-,23+,28-,33+,34+/m0/s1. The molecule has 224 valence electrons. The lowest BCUT2D eigenvalue weighted by atomic mass is 9.85. The minimum atomic E-state index is -0.858. The monoisotopic (exact) mass is 576 g/mol. The van der Waals surface area contributed by atoms with E-state index in [-0.39, 0.29) is 48.3 Å². The molecule has 5 atom stereocenters. The number of aryl methyl sites for hydroxylation is 2. The molecule has 1 spiro atoms. The first-order valence-corrected chi connectivity index (χ1v) is 15.6. The molecule has 2 fully saturated rings. The lowest BCUT2D eigenvalue weighted by molar-refractivity contribution is -0.152. The van der Waals surface area contributed by atoms with Crippen molar-refractivity contribution < 1.29 is 28.2 Å². The number of halogens is 1. The smallest absolute Gasteiger partial charge is 0.313 e. The zero-order valence-electron chi connectivity index (χ0n) is 24.9. The van der Waals surface area contributed by atoms with Gasteiger partial charge in [-0.1, -0.05) is 31.9 Å². The second kappa shape index (κ2) is 11.1. The zero-order chi connectivity index (χ0) is 29.6. The number of carbonyl (C=O) groups is 3. The van der Waals surface area contributed by atoms with E-state index in [2.05, 4.69) is 17.1 Å². The summed E-state index contributed by atoms with van der Waals surface area (Å²) < 4.78 is 26.4. The Labute approximate surface area is 246 Å². The van der Waals surface area contributed by atoms with Gasteiger partial charge in [-0.3, -0.25) is 14.4 Å². The van der Waals surface area contributed by atoms with Crippen molar-refractivity contribution in [3.05, 3.63) is 47.4 Å². The number of hydrogen-bond acceptors (Lipinski definition) is 6. The van der Waals surface area contributed by atoms with Gasteiger partial charge in [0.1, 0.15) is 17.2 Å². The van der Waals surface area contributed by atoms with E-state index in [1.807, 2.05) is 13.8 Å². The minimum absolute atomic E-state index is 0.0238. The molecular weight excluding hydrogens is 535 g/mol. The predicted molar refractivity (Wildman–Crippen MR) is 156 cm³/mol. The fourth-order valence-electron chi connectivity index (χ4n) is 7.50. The van der Waals surface area contributed by atoms with E-state index >= 15 is 0 Å². The van der Waals surface area contributed by atoms with Crippen LogP contribution in [-0.4, -0.2) is 52.3 Å². The van der Waals surface area contributed by atoms with E-state index in [4.69, 9.17) is 9.47 Å². The van der Waals surface area contributed by atoms with Crippen LogP contribution in [-0.2, 0) is 25.5 Å². The first-order valence-electron chi connectivity index (χ1n) is 15.6. The molecule has 4 heterocycles. The number of fused-ring (bicyclic) bond motifs is 5. The fourth-order valence-corrected chi connectivity index (χ4v) is 7.50. The molecule has 0 radical (unpaired) electrons. The maximum absolute atomic E-state index is 14.2. The molecule has 1 aromatic heterocycles. The molecule has 1 saturated heterocycles. The van der Waals surface area contributed by atoms with Gasteiger partial charge in [0.05, 0.1) is 35.8 Å². The number of esters is 1. The Kier molecular flexibility index (Phi) is 7.60. The molecule has 0 bridgehead atoms. The highest BCUT2D eigenvalue weighted by atomic mass is 19.1. The summed E-state index contributed by atoms with van der Waals surface area (Å²) in [4.78, 5) is 47.7. The summed E-state index contributed by atoms with van der Waals surface area (Å²) in [5.74, 6) is -0.377. The largest absolute Gasteiger partial charge is 0.483 e. The van der Waals surface area contributed by atoms with E-state index < -0.39 is 17.1 Å². The third-order valence-corrected chi connectivity index (χ3v) is 9.98. The van der Waals surface area contributed by atoms with Crippen molar-refractivity contribution in [3.8, 4) is 5.75 Å². The predicted octanol–water partition coefficient (Wildman–Crippen LogP) is 6.03. The Bertz CT molecular complexity index is 1460. The molecule has 6 rings (SSSR count). The summed E-state index contributed by atoms with van der Waals surface area (Å²) >= 11 is 0. The van der Waals surface area contributed by atoms with Gasteiger partial charge in [0.25, 0.3) is 0 Å². The highest BCUT2D eigenvalue weighted by molar-refractivity contribution is 5.95. The highest BCUT2D eigenvalue weighted by Crippen LogP contribution is 2.58. The van der Waals surface area contributed by atoms with Crippen LogP contribution in [0, 0.1) is 30.0 Å². The number of aromatic nitrogens is 1. The number of ether oxygens (including phenoxy) is 2. The van der Waals surface area contributed by atoms with Crippen LogP contribution in [0.4, 0.5) is 4.39 Å². The third-order valence-electron chi connectivity index (χ3n) is 9.98. The van der Waals surface area contributed by atoms with Gasteiger partial charge < -0.3 is 14.4 Å². The SMILES string of the molecule is CCOC(=O)[C@]12CC(=O)[C@@H]3C[C@]4(CCc5c(c(C)nc6ccc(F)cc56)O4)CN3C(=O)[C@@H](C)CCCCC/C=C\[C@@H]1C2. The summed E-state index contributed by atoms with van der Waals surface area (Å²) in [6, 6.07) is 3.93. The van der Waals surface area contributed by atoms with Crippen LogP contribution in [0.5, 0.6) is 5.75 Å². The molecule has 3 aliphatic heterocycles. The first-order chi connectivity index (χ1) is 20.2. The van der Waals surface area contributed by atoms with Gasteiger partial charge in [0.2, 0.25) is 5.91 Å². The van der Waals surface area contributed by atoms with E-state index in [9.17, 15) is 18.8 Å². The Morgan fingerprint density at radius 2 is 2.05 bits per heavy atom. The van der Waals surface area contributed by atoms with Crippen LogP contribution < -0.4 is 4.74 Å². The van der Waals surface area contributed by atoms with Gasteiger partial charge in [0, 0.05) is 29.7 Å². The molecule has 1 saturated carbocycles. The molecule has 4 aliphatic rings. The van der Waals surface area contributed by atoms with Crippen molar-refractivity contribution in [2.45, 2.75) is 96.6 Å². The summed E-state index contributed by atoms with van der Waals surface area (Å²) in [5.41, 5.74) is 0.757. The van der Waals surface area contributed by atoms with Gasteiger partial charge in [-0.05, 0) is 76.5 Å². The molecule has 0 N–H and O–H groups in total. The molecule has 1 aromatic carbocycles. The maximum atomic E-state index is 14.2. The van der Waals surface area contributed by atoms with Crippen LogP contribution in [0.1, 0.15) is 82.9 Å². The second-order valence-corrected chi connectivity index (χ2v) is 12.9. The Hall–Kier alpha value is -3.29. The van der Waals surface area contributed by atoms with Crippen molar-refractivity contribution in [3.63, 3.8) is 0 Å². The van der Waals surface area contributed by atoms with Gasteiger partial charge in [-0.15, -0.1) is 0 Å². The molecule has 2 aromatic rings. The lowest BCUT2D eigenvalue weighted by Gasteiger charge is -2.36. The maximum Gasteiger partial charge on any atom is 0.313 e. The Morgan fingerprint density at radius 1 is 1.21 bits per heavy atom. The van der Waals surface area contributed by atoms with E-state index in [1.165, 1.54) is 12.1 Å². The summed E-state index contributed by atoms with van der Waals surface area (Å²) in [6.07, 6.45) is 11.2. The van der Waals surface area contributed by atoms with Gasteiger partial charge in [-0.25, -0.2) is 9.37 Å². The molecule has 42 heavy (non-hydrogen) atoms. The fraction of sp³-hybridized carbons (Fsp3) is 0.588. The van der Waals surface area contributed by atoms with Crippen LogP contribution in [0.3, 0.4) is 0 Å². The highest BCUT2D eigenvalue weighted by Gasteiger charge is 2.62. The summed E-state index contributed by atoms with van der Waals surface area (Å²) in [5, 5.41) is 0.739. The molecule has 1 aliphatic carbocycles. The number of ketones is 1. The van der Waals surface area contributed by atoms with E-state index in [0.29, 0.717) is 43.7 Å². The molecular formula is C34H41FN2O5. The number of Topliss-reactive ketones (excluding diaryl/α,β-unsaturated/α-hetero) is 1. The molecule has 1 amide bonds. The van der Waals surface area contributed by atoms with Crippen molar-refractivity contribution in [2.75, 3.05) is 13.2 Å². The first kappa shape index (κ1) is 28.8. The number of amides is 1. The number of carbonyl (C=O) groups excluding carboxylic acids is 3. The van der Waals surface area contributed by atoms with Crippen LogP contribution >= 0.6 is 0 Å². The van der Waals surface area contributed by atoms with Gasteiger partial charge in [-0.2, -0.15) is 0 Å². The van der Waals surface area contributed by atoms with Crippen molar-refractivity contribution in [2.24, 2.45) is 17.3 Å². The number of rotatable bonds is 2. The Balaban J connectivity index is 1.33. The Morgan fingerprint density at radius 3 is 2.86 bits per heavy atom. The lowest BCUT2D eigenvalue weighted by Crippen LogP contribution is -2.46. The number of hydrogen-bond donors (Lipinski definition) is 0. The van der Waals surface area contributed by atoms with Crippen LogP contribution in [0.2, 0.25) is 0 Å². The quantitative estimate of drug-likeness (QED) is 0.321. The third kappa shape index (κ3) is 5.11. The summed E-state index contributed by atoms with van der Waals surface area (Å²) in [6.45, 7) is 6.19. The normalized spacial score (nSPS) is 32.3. The number of allylic oxidation sites excluding steroid dienone is 2. The van der Waals surface area contributed by atoms with Crippen molar-refractivity contribution in [1.29, 1.82) is 0 Å². The van der Waals surface area contributed by atoms with Gasteiger partial charge >= 0.3 is 5.97 Å². The molecule has 0 unspecified atom stereocenters. The summed E-state index contributed by atoms with van der Waals surface area (Å²) in [7, 11) is 0. The van der Waals surface area contributed by atoms with E-state index in [1.54, 1.807) is 17.9 Å². The zero-order valence-corrected chi connectivity index (χ0v) is 24.9.